The molecule has 4 fully saturated rings. The summed E-state index contributed by atoms with van der Waals surface area (Å²) in [4.78, 5) is 10.8. The minimum Gasteiger partial charge on any atom is -0.362 e. The lowest BCUT2D eigenvalue weighted by Gasteiger charge is -2.55. The van der Waals surface area contributed by atoms with Crippen LogP contribution in [0.4, 0.5) is 11.6 Å². The zero-order valence-electron chi connectivity index (χ0n) is 10.7. The van der Waals surface area contributed by atoms with Crippen molar-refractivity contribution in [2.24, 2.45) is 17.8 Å². The van der Waals surface area contributed by atoms with Gasteiger partial charge in [0.2, 0.25) is 0 Å². The molecule has 0 atom stereocenters. The second kappa shape index (κ2) is 3.49. The molecule has 5 rings (SSSR count). The molecule has 4 saturated carbocycles. The molecular formula is C13H17N3O3. The first kappa shape index (κ1) is 11.3. The predicted octanol–water partition coefficient (Wildman–Crippen LogP) is 2.63. The van der Waals surface area contributed by atoms with Crippen molar-refractivity contribution in [3.05, 3.63) is 15.8 Å². The quantitative estimate of drug-likeness (QED) is 0.653. The van der Waals surface area contributed by atoms with Gasteiger partial charge in [0.05, 0.1) is 4.92 Å². The SMILES string of the molecule is Nc1onc(C23CC4CC(CC(C4)C2)C3)c1[N+](=O)[O-]. The zero-order chi connectivity index (χ0) is 13.2. The molecule has 102 valence electrons. The predicted molar refractivity (Wildman–Crippen MR) is 67.4 cm³/mol. The molecule has 0 saturated heterocycles. The van der Waals surface area contributed by atoms with Gasteiger partial charge in [0, 0.05) is 5.41 Å². The maximum absolute atomic E-state index is 11.2. The first-order valence-electron chi connectivity index (χ1n) is 6.97. The maximum Gasteiger partial charge on any atom is 0.356 e. The normalized spacial score (nSPS) is 39.7. The smallest absolute Gasteiger partial charge is 0.356 e. The minimum absolute atomic E-state index is 0.0815. The molecule has 1 heterocycles. The lowest BCUT2D eigenvalue weighted by Crippen LogP contribution is -2.48. The lowest BCUT2D eigenvalue weighted by molar-refractivity contribution is -0.385. The highest BCUT2D eigenvalue weighted by Gasteiger charge is 2.55. The van der Waals surface area contributed by atoms with Crippen LogP contribution in [-0.2, 0) is 5.41 Å². The van der Waals surface area contributed by atoms with Crippen LogP contribution < -0.4 is 5.73 Å². The third-order valence-electron chi connectivity index (χ3n) is 5.42. The molecule has 0 amide bonds. The highest BCUT2D eigenvalue weighted by atomic mass is 16.6. The number of nitrogens with two attached hydrogens (primary N) is 1. The molecule has 4 bridgehead atoms. The summed E-state index contributed by atoms with van der Waals surface area (Å²) in [5.74, 6) is 1.99. The number of nitrogens with zero attached hydrogens (tertiary/aromatic N) is 2. The number of anilines is 1. The number of nitro groups is 1. The van der Waals surface area contributed by atoms with Crippen molar-refractivity contribution in [2.75, 3.05) is 5.73 Å². The standard InChI is InChI=1S/C13H17N3O3/c14-12-10(16(17)18)11(15-19-12)13-4-7-1-8(5-13)3-9(2-7)6-13/h7-9H,1-6,14H2. The second-order valence-electron chi connectivity index (χ2n) is 6.70. The fourth-order valence-corrected chi connectivity index (χ4v) is 5.22. The molecule has 1 aromatic heterocycles. The molecule has 1 aromatic rings. The molecule has 4 aliphatic carbocycles. The fourth-order valence-electron chi connectivity index (χ4n) is 5.22. The van der Waals surface area contributed by atoms with E-state index in [2.05, 4.69) is 5.16 Å². The first-order chi connectivity index (χ1) is 9.07. The van der Waals surface area contributed by atoms with E-state index in [4.69, 9.17) is 10.3 Å². The minimum atomic E-state index is -0.431. The van der Waals surface area contributed by atoms with E-state index >= 15 is 0 Å². The van der Waals surface area contributed by atoms with E-state index in [1.54, 1.807) is 0 Å². The summed E-state index contributed by atoms with van der Waals surface area (Å²) in [6.45, 7) is 0. The molecule has 4 aliphatic rings. The van der Waals surface area contributed by atoms with E-state index in [9.17, 15) is 10.1 Å². The number of nitrogen functional groups attached to an aromatic ring is 1. The molecule has 0 unspecified atom stereocenters. The van der Waals surface area contributed by atoms with Crippen molar-refractivity contribution in [1.82, 2.24) is 5.16 Å². The van der Waals surface area contributed by atoms with Gasteiger partial charge in [0.25, 0.3) is 0 Å². The van der Waals surface area contributed by atoms with E-state index in [0.29, 0.717) is 23.4 Å². The van der Waals surface area contributed by atoms with Crippen molar-refractivity contribution in [1.29, 1.82) is 0 Å². The van der Waals surface area contributed by atoms with Crippen molar-refractivity contribution < 1.29 is 9.45 Å². The Morgan fingerprint density at radius 1 is 1.21 bits per heavy atom. The largest absolute Gasteiger partial charge is 0.362 e. The molecule has 19 heavy (non-hydrogen) atoms. The van der Waals surface area contributed by atoms with Gasteiger partial charge in [0.15, 0.2) is 5.69 Å². The van der Waals surface area contributed by atoms with Gasteiger partial charge in [-0.15, -0.1) is 0 Å². The van der Waals surface area contributed by atoms with Gasteiger partial charge in [-0.25, -0.2) is 0 Å². The molecule has 6 heteroatoms. The Kier molecular flexibility index (Phi) is 2.07. The Labute approximate surface area is 110 Å². The van der Waals surface area contributed by atoms with Crippen LogP contribution in [0.5, 0.6) is 0 Å². The summed E-state index contributed by atoms with van der Waals surface area (Å²) in [5, 5.41) is 15.2. The maximum atomic E-state index is 11.2. The fraction of sp³-hybridized carbons (Fsp3) is 0.769. The van der Waals surface area contributed by atoms with Crippen LogP contribution >= 0.6 is 0 Å². The van der Waals surface area contributed by atoms with Gasteiger partial charge >= 0.3 is 11.6 Å². The van der Waals surface area contributed by atoms with Crippen LogP contribution in [0.1, 0.15) is 44.2 Å². The van der Waals surface area contributed by atoms with Crippen LogP contribution in [-0.4, -0.2) is 10.1 Å². The van der Waals surface area contributed by atoms with Crippen LogP contribution in [0.25, 0.3) is 0 Å². The number of hydrogen-bond acceptors (Lipinski definition) is 5. The van der Waals surface area contributed by atoms with Gasteiger partial charge in [-0.2, -0.15) is 0 Å². The van der Waals surface area contributed by atoms with Gasteiger partial charge in [-0.3, -0.25) is 10.1 Å². The van der Waals surface area contributed by atoms with Crippen molar-refractivity contribution in [3.63, 3.8) is 0 Å². The van der Waals surface area contributed by atoms with E-state index in [1.807, 2.05) is 0 Å². The highest BCUT2D eigenvalue weighted by molar-refractivity contribution is 5.56. The average Bonchev–Trinajstić information content (AvgIpc) is 2.70. The molecule has 0 spiro atoms. The van der Waals surface area contributed by atoms with Crippen molar-refractivity contribution in [3.8, 4) is 0 Å². The van der Waals surface area contributed by atoms with Gasteiger partial charge in [0.1, 0.15) is 0 Å². The second-order valence-corrected chi connectivity index (χ2v) is 6.70. The number of aromatic nitrogens is 1. The van der Waals surface area contributed by atoms with E-state index in [-0.39, 0.29) is 17.0 Å². The highest BCUT2D eigenvalue weighted by Crippen LogP contribution is 2.61. The van der Waals surface area contributed by atoms with Crippen LogP contribution in [0.2, 0.25) is 0 Å². The topological polar surface area (TPSA) is 95.2 Å². The molecule has 6 nitrogen and oxygen atoms in total. The van der Waals surface area contributed by atoms with Gasteiger partial charge in [-0.05, 0) is 56.3 Å². The summed E-state index contributed by atoms with van der Waals surface area (Å²) >= 11 is 0. The van der Waals surface area contributed by atoms with Gasteiger partial charge < -0.3 is 10.3 Å². The Hall–Kier alpha value is -1.59. The van der Waals surface area contributed by atoms with E-state index < -0.39 is 4.92 Å². The summed E-state index contributed by atoms with van der Waals surface area (Å²) in [6, 6.07) is 0. The van der Waals surface area contributed by atoms with Crippen molar-refractivity contribution in [2.45, 2.75) is 43.9 Å². The van der Waals surface area contributed by atoms with E-state index in [1.165, 1.54) is 19.3 Å². The molecule has 0 radical (unpaired) electrons. The zero-order valence-corrected chi connectivity index (χ0v) is 10.7. The summed E-state index contributed by atoms with van der Waals surface area (Å²) in [5.41, 5.74) is 5.89. The van der Waals surface area contributed by atoms with E-state index in [0.717, 1.165) is 19.3 Å². The third-order valence-corrected chi connectivity index (χ3v) is 5.42. The number of rotatable bonds is 2. The summed E-state index contributed by atoms with van der Waals surface area (Å²) in [7, 11) is 0. The van der Waals surface area contributed by atoms with Crippen LogP contribution in [0, 0.1) is 27.9 Å². The number of hydrogen-bond donors (Lipinski definition) is 1. The summed E-state index contributed by atoms with van der Waals surface area (Å²) < 4.78 is 4.93. The first-order valence-corrected chi connectivity index (χ1v) is 6.97. The summed E-state index contributed by atoms with van der Waals surface area (Å²) in [6.07, 6.45) is 6.94. The van der Waals surface area contributed by atoms with Crippen LogP contribution in [0.15, 0.2) is 4.52 Å². The Morgan fingerprint density at radius 2 is 1.74 bits per heavy atom. The molecular weight excluding hydrogens is 246 g/mol. The molecule has 0 aliphatic heterocycles. The van der Waals surface area contributed by atoms with Crippen molar-refractivity contribution >= 4 is 11.6 Å². The Bertz CT molecular complexity index is 516. The molecule has 2 N–H and O–H groups in total. The Balaban J connectivity index is 1.82. The third kappa shape index (κ3) is 1.45. The monoisotopic (exact) mass is 263 g/mol. The lowest BCUT2D eigenvalue weighted by atomic mass is 9.48. The van der Waals surface area contributed by atoms with Gasteiger partial charge in [-0.1, -0.05) is 5.16 Å². The average molecular weight is 263 g/mol. The Morgan fingerprint density at radius 3 is 2.21 bits per heavy atom. The van der Waals surface area contributed by atoms with Crippen LogP contribution in [0.3, 0.4) is 0 Å². The molecule has 0 aromatic carbocycles.